The summed E-state index contributed by atoms with van der Waals surface area (Å²) in [4.78, 5) is 8.48. The number of benzene rings is 1. The van der Waals surface area contributed by atoms with Gasteiger partial charge in [-0.05, 0) is 31.0 Å². The summed E-state index contributed by atoms with van der Waals surface area (Å²) in [5, 5.41) is 10.1. The summed E-state index contributed by atoms with van der Waals surface area (Å²) in [5.74, 6) is 1.51. The molecule has 0 aliphatic carbocycles. The fourth-order valence-electron chi connectivity index (χ4n) is 1.91. The number of aliphatic imine (C=N–C) groups is 1. The third-order valence-corrected chi connectivity index (χ3v) is 2.89. The molecule has 0 atom stereocenters. The number of nitrogens with one attached hydrogen (secondary N) is 2. The lowest BCUT2D eigenvalue weighted by atomic mass is 10.1. The molecule has 0 radical (unpaired) electrons. The van der Waals surface area contributed by atoms with E-state index < -0.39 is 0 Å². The first-order valence-corrected chi connectivity index (χ1v) is 7.23. The molecule has 2 rings (SSSR count). The van der Waals surface area contributed by atoms with Crippen molar-refractivity contribution in [1.29, 1.82) is 0 Å². The van der Waals surface area contributed by atoms with Crippen LogP contribution < -0.4 is 10.6 Å². The fraction of sp³-hybridized carbons (Fsp3) is 0.400. The van der Waals surface area contributed by atoms with Gasteiger partial charge < -0.3 is 15.2 Å². The van der Waals surface area contributed by atoms with Gasteiger partial charge >= 0.3 is 0 Å². The van der Waals surface area contributed by atoms with Gasteiger partial charge in [-0.1, -0.05) is 17.3 Å². The predicted octanol–water partition coefficient (Wildman–Crippen LogP) is 2.43. The minimum absolute atomic E-state index is 0. The molecule has 6 nitrogen and oxygen atoms in total. The number of aryl methyl sites for hydroxylation is 1. The van der Waals surface area contributed by atoms with Gasteiger partial charge in [0.05, 0.1) is 0 Å². The predicted molar refractivity (Wildman–Crippen MR) is 97.4 cm³/mol. The van der Waals surface area contributed by atoms with E-state index in [2.05, 4.69) is 25.8 Å². The monoisotopic (exact) mass is 433 g/mol. The minimum atomic E-state index is -0.217. The molecule has 0 fully saturated rings. The van der Waals surface area contributed by atoms with Crippen LogP contribution in [-0.4, -0.2) is 29.2 Å². The third-order valence-electron chi connectivity index (χ3n) is 2.89. The zero-order valence-corrected chi connectivity index (χ0v) is 15.5. The van der Waals surface area contributed by atoms with E-state index in [1.807, 2.05) is 13.0 Å². The lowest BCUT2D eigenvalue weighted by molar-refractivity contribution is 0.387. The van der Waals surface area contributed by atoms with Crippen molar-refractivity contribution in [3.8, 4) is 0 Å². The minimum Gasteiger partial charge on any atom is -0.357 e. The van der Waals surface area contributed by atoms with Crippen LogP contribution in [0.2, 0.25) is 0 Å². The van der Waals surface area contributed by atoms with Crippen LogP contribution in [0.5, 0.6) is 0 Å². The normalized spacial score (nSPS) is 11.0. The SMILES string of the molecule is CCNC(=NCc1noc(C)n1)NCCc1cccc(F)c1.I. The van der Waals surface area contributed by atoms with Crippen LogP contribution in [0.15, 0.2) is 33.8 Å². The first-order chi connectivity index (χ1) is 10.7. The third kappa shape index (κ3) is 6.93. The van der Waals surface area contributed by atoms with Crippen molar-refractivity contribution in [3.63, 3.8) is 0 Å². The molecule has 2 N–H and O–H groups in total. The Labute approximate surface area is 152 Å². The molecule has 0 spiro atoms. The molecule has 1 aromatic heterocycles. The van der Waals surface area contributed by atoms with E-state index in [1.54, 1.807) is 13.0 Å². The molecule has 0 aliphatic heterocycles. The highest BCUT2D eigenvalue weighted by atomic mass is 127. The largest absolute Gasteiger partial charge is 0.357 e. The number of halogens is 2. The molecule has 8 heteroatoms. The van der Waals surface area contributed by atoms with Crippen LogP contribution >= 0.6 is 24.0 Å². The highest BCUT2D eigenvalue weighted by molar-refractivity contribution is 14.0. The summed E-state index contributed by atoms with van der Waals surface area (Å²) in [5.41, 5.74) is 0.942. The number of hydrogen-bond donors (Lipinski definition) is 2. The van der Waals surface area contributed by atoms with E-state index in [4.69, 9.17) is 4.52 Å². The van der Waals surface area contributed by atoms with E-state index in [0.717, 1.165) is 12.1 Å². The van der Waals surface area contributed by atoms with Gasteiger partial charge in [-0.15, -0.1) is 24.0 Å². The van der Waals surface area contributed by atoms with Gasteiger partial charge in [0.1, 0.15) is 12.4 Å². The van der Waals surface area contributed by atoms with E-state index in [0.29, 0.717) is 37.2 Å². The first kappa shape index (κ1) is 19.3. The molecule has 1 heterocycles. The molecule has 0 saturated carbocycles. The molecular weight excluding hydrogens is 412 g/mol. The molecular formula is C15H21FIN5O. The smallest absolute Gasteiger partial charge is 0.223 e. The summed E-state index contributed by atoms with van der Waals surface area (Å²) in [6.45, 7) is 5.47. The Morgan fingerprint density at radius 1 is 1.35 bits per heavy atom. The standard InChI is InChI=1S/C15H20FN5O.HI/c1-3-17-15(19-10-14-20-11(2)22-21-14)18-8-7-12-5-4-6-13(16)9-12;/h4-6,9H,3,7-8,10H2,1-2H3,(H2,17,18,19);1H. The van der Waals surface area contributed by atoms with Gasteiger partial charge in [-0.25, -0.2) is 9.38 Å². The highest BCUT2D eigenvalue weighted by Gasteiger charge is 2.03. The Morgan fingerprint density at radius 3 is 2.83 bits per heavy atom. The van der Waals surface area contributed by atoms with E-state index >= 15 is 0 Å². The summed E-state index contributed by atoms with van der Waals surface area (Å²) >= 11 is 0. The lowest BCUT2D eigenvalue weighted by Gasteiger charge is -2.10. The molecule has 23 heavy (non-hydrogen) atoms. The number of nitrogens with zero attached hydrogens (tertiary/aromatic N) is 3. The van der Waals surface area contributed by atoms with Gasteiger partial charge in [0.2, 0.25) is 5.89 Å². The maximum Gasteiger partial charge on any atom is 0.223 e. The van der Waals surface area contributed by atoms with Crippen molar-refractivity contribution >= 4 is 29.9 Å². The fourth-order valence-corrected chi connectivity index (χ4v) is 1.91. The lowest BCUT2D eigenvalue weighted by Crippen LogP contribution is -2.38. The molecule has 1 aromatic carbocycles. The van der Waals surface area contributed by atoms with Crippen molar-refractivity contribution in [3.05, 3.63) is 47.4 Å². The Balaban J connectivity index is 0.00000264. The molecule has 126 valence electrons. The van der Waals surface area contributed by atoms with Crippen LogP contribution in [0.1, 0.15) is 24.2 Å². The van der Waals surface area contributed by atoms with Gasteiger partial charge in [-0.2, -0.15) is 4.98 Å². The Hall–Kier alpha value is -1.71. The summed E-state index contributed by atoms with van der Waals surface area (Å²) in [7, 11) is 0. The zero-order chi connectivity index (χ0) is 15.8. The topological polar surface area (TPSA) is 75.3 Å². The Kier molecular flexibility index (Phi) is 8.52. The second-order valence-electron chi connectivity index (χ2n) is 4.73. The molecule has 0 bridgehead atoms. The number of aromatic nitrogens is 2. The van der Waals surface area contributed by atoms with Gasteiger partial charge in [0.15, 0.2) is 11.8 Å². The second-order valence-corrected chi connectivity index (χ2v) is 4.73. The molecule has 0 unspecified atom stereocenters. The highest BCUT2D eigenvalue weighted by Crippen LogP contribution is 2.03. The number of guanidine groups is 1. The van der Waals surface area contributed by atoms with E-state index in [1.165, 1.54) is 12.1 Å². The van der Waals surface area contributed by atoms with Crippen molar-refractivity contribution < 1.29 is 8.91 Å². The van der Waals surface area contributed by atoms with Gasteiger partial charge in [0, 0.05) is 20.0 Å². The van der Waals surface area contributed by atoms with Crippen LogP contribution in [0.25, 0.3) is 0 Å². The first-order valence-electron chi connectivity index (χ1n) is 7.23. The van der Waals surface area contributed by atoms with Crippen LogP contribution in [0, 0.1) is 12.7 Å². The Morgan fingerprint density at radius 2 is 2.17 bits per heavy atom. The van der Waals surface area contributed by atoms with Crippen LogP contribution in [0.3, 0.4) is 0 Å². The Bertz CT molecular complexity index is 632. The molecule has 0 aliphatic rings. The van der Waals surface area contributed by atoms with Crippen LogP contribution in [0.4, 0.5) is 4.39 Å². The summed E-state index contributed by atoms with van der Waals surface area (Å²) in [6, 6.07) is 6.59. The van der Waals surface area contributed by atoms with Crippen molar-refractivity contribution in [2.45, 2.75) is 26.8 Å². The number of hydrogen-bond acceptors (Lipinski definition) is 4. The zero-order valence-electron chi connectivity index (χ0n) is 13.2. The maximum atomic E-state index is 13.1. The molecule has 0 amide bonds. The molecule has 2 aromatic rings. The van der Waals surface area contributed by atoms with Gasteiger partial charge in [-0.3, -0.25) is 0 Å². The van der Waals surface area contributed by atoms with E-state index in [9.17, 15) is 4.39 Å². The van der Waals surface area contributed by atoms with Gasteiger partial charge in [0.25, 0.3) is 0 Å². The molecule has 0 saturated heterocycles. The number of rotatable bonds is 6. The maximum absolute atomic E-state index is 13.1. The average Bonchev–Trinajstić information content (AvgIpc) is 2.90. The second kappa shape index (κ2) is 10.1. The van der Waals surface area contributed by atoms with E-state index in [-0.39, 0.29) is 29.8 Å². The summed E-state index contributed by atoms with van der Waals surface area (Å²) in [6.07, 6.45) is 0.712. The van der Waals surface area contributed by atoms with Crippen LogP contribution in [-0.2, 0) is 13.0 Å². The van der Waals surface area contributed by atoms with Crippen molar-refractivity contribution in [2.24, 2.45) is 4.99 Å². The van der Waals surface area contributed by atoms with Crippen molar-refractivity contribution in [1.82, 2.24) is 20.8 Å². The quantitative estimate of drug-likeness (QED) is 0.416. The van der Waals surface area contributed by atoms with Crippen molar-refractivity contribution in [2.75, 3.05) is 13.1 Å². The summed E-state index contributed by atoms with van der Waals surface area (Å²) < 4.78 is 18.0. The average molecular weight is 433 g/mol.